The van der Waals surface area contributed by atoms with Gasteiger partial charge in [0.25, 0.3) is 0 Å². The number of aromatic nitrogens is 2. The zero-order valence-electron chi connectivity index (χ0n) is 15.2. The Morgan fingerprint density at radius 1 is 1.34 bits per heavy atom. The van der Waals surface area contributed by atoms with Crippen molar-refractivity contribution in [3.05, 3.63) is 59.5 Å². The van der Waals surface area contributed by atoms with Gasteiger partial charge < -0.3 is 19.6 Å². The van der Waals surface area contributed by atoms with Gasteiger partial charge >= 0.3 is 5.97 Å². The van der Waals surface area contributed by atoms with Crippen LogP contribution in [0.25, 0.3) is 11.6 Å². The Morgan fingerprint density at radius 2 is 2.21 bits per heavy atom. The Morgan fingerprint density at radius 3 is 3.00 bits per heavy atom. The van der Waals surface area contributed by atoms with Crippen LogP contribution in [0.3, 0.4) is 0 Å². The smallest absolute Gasteiger partial charge is 0.347 e. The molecule has 0 atom stereocenters. The highest BCUT2D eigenvalue weighted by Crippen LogP contribution is 2.39. The van der Waals surface area contributed by atoms with Crippen molar-refractivity contribution in [2.45, 2.75) is 6.92 Å². The van der Waals surface area contributed by atoms with Gasteiger partial charge in [-0.1, -0.05) is 0 Å². The number of carbonyl (C=O) groups is 1. The number of nitrogens with zero attached hydrogens (tertiary/aromatic N) is 3. The molecule has 0 aliphatic carbocycles. The molecule has 3 aromatic rings. The number of carbonyl (C=O) groups excluding carboxylic acids is 1. The molecule has 0 amide bonds. The van der Waals surface area contributed by atoms with Gasteiger partial charge in [0.1, 0.15) is 0 Å². The van der Waals surface area contributed by atoms with Crippen LogP contribution in [0.5, 0.6) is 5.75 Å². The summed E-state index contributed by atoms with van der Waals surface area (Å²) in [5.41, 5.74) is 1.49. The van der Waals surface area contributed by atoms with Crippen molar-refractivity contribution in [3.8, 4) is 5.75 Å². The van der Waals surface area contributed by atoms with Crippen LogP contribution in [0, 0.1) is 5.95 Å². The lowest BCUT2D eigenvalue weighted by molar-refractivity contribution is 0.0524. The van der Waals surface area contributed by atoms with Crippen molar-refractivity contribution >= 4 is 41.2 Å². The SMILES string of the molecule is CCOC(=O)c1c(Nc2ccnc(F)c2)oc(C=C2C=Nc3ncccc32)c1O. The third kappa shape index (κ3) is 3.57. The molecule has 0 spiro atoms. The van der Waals surface area contributed by atoms with Crippen LogP contribution in [-0.2, 0) is 4.74 Å². The lowest BCUT2D eigenvalue weighted by Gasteiger charge is -2.05. The number of nitrogens with one attached hydrogen (secondary N) is 1. The normalized spacial score (nSPS) is 13.5. The summed E-state index contributed by atoms with van der Waals surface area (Å²) in [6.45, 7) is 1.75. The van der Waals surface area contributed by atoms with Gasteiger partial charge in [-0.25, -0.2) is 19.8 Å². The van der Waals surface area contributed by atoms with Crippen molar-refractivity contribution in [1.29, 1.82) is 0 Å². The highest BCUT2D eigenvalue weighted by molar-refractivity contribution is 6.21. The maximum atomic E-state index is 13.4. The minimum absolute atomic E-state index is 0.0169. The van der Waals surface area contributed by atoms with Gasteiger partial charge in [-0.3, -0.25) is 0 Å². The van der Waals surface area contributed by atoms with E-state index in [2.05, 4.69) is 20.3 Å². The monoisotopic (exact) mass is 394 g/mol. The Labute approximate surface area is 164 Å². The van der Waals surface area contributed by atoms with E-state index in [0.29, 0.717) is 11.4 Å². The van der Waals surface area contributed by atoms with Crippen LogP contribution >= 0.6 is 0 Å². The fraction of sp³-hybridized carbons (Fsp3) is 0.100. The minimum atomic E-state index is -0.780. The summed E-state index contributed by atoms with van der Waals surface area (Å²) >= 11 is 0. The summed E-state index contributed by atoms with van der Waals surface area (Å²) in [5.74, 6) is -1.42. The van der Waals surface area contributed by atoms with Gasteiger partial charge in [0.05, 0.1) is 6.61 Å². The number of hydrogen-bond acceptors (Lipinski definition) is 8. The maximum Gasteiger partial charge on any atom is 0.347 e. The number of furan rings is 1. The van der Waals surface area contributed by atoms with Crippen molar-refractivity contribution < 1.29 is 23.4 Å². The Kier molecular flexibility index (Phi) is 4.78. The summed E-state index contributed by atoms with van der Waals surface area (Å²) in [6.07, 6.45) is 5.99. The van der Waals surface area contributed by atoms with Crippen LogP contribution in [0.1, 0.15) is 28.6 Å². The fourth-order valence-corrected chi connectivity index (χ4v) is 2.81. The van der Waals surface area contributed by atoms with Crippen molar-refractivity contribution in [1.82, 2.24) is 9.97 Å². The van der Waals surface area contributed by atoms with Crippen LogP contribution in [0.4, 0.5) is 21.8 Å². The van der Waals surface area contributed by atoms with E-state index >= 15 is 0 Å². The molecule has 0 unspecified atom stereocenters. The van der Waals surface area contributed by atoms with Gasteiger partial charge in [0.2, 0.25) is 11.8 Å². The third-order valence-corrected chi connectivity index (χ3v) is 4.08. The first kappa shape index (κ1) is 18.4. The molecule has 4 rings (SSSR count). The maximum absolute atomic E-state index is 13.4. The second-order valence-corrected chi connectivity index (χ2v) is 5.96. The number of fused-ring (bicyclic) bond motifs is 1. The van der Waals surface area contributed by atoms with Crippen molar-refractivity contribution in [2.75, 3.05) is 11.9 Å². The van der Waals surface area contributed by atoms with Crippen LogP contribution < -0.4 is 5.32 Å². The molecule has 8 nitrogen and oxygen atoms in total. The van der Waals surface area contributed by atoms with Crippen molar-refractivity contribution in [2.24, 2.45) is 4.99 Å². The topological polar surface area (TPSA) is 110 Å². The lowest BCUT2D eigenvalue weighted by Crippen LogP contribution is -2.06. The Bertz CT molecular complexity index is 1150. The predicted molar refractivity (Wildman–Crippen MR) is 104 cm³/mol. The number of ether oxygens (including phenoxy) is 1. The second kappa shape index (κ2) is 7.55. The molecule has 0 fully saturated rings. The minimum Gasteiger partial charge on any atom is -0.504 e. The van der Waals surface area contributed by atoms with E-state index in [4.69, 9.17) is 9.15 Å². The molecule has 9 heteroatoms. The van der Waals surface area contributed by atoms with E-state index in [-0.39, 0.29) is 29.5 Å². The lowest BCUT2D eigenvalue weighted by atomic mass is 10.1. The van der Waals surface area contributed by atoms with Gasteiger partial charge in [0, 0.05) is 41.5 Å². The number of halogens is 1. The first-order valence-corrected chi connectivity index (χ1v) is 8.69. The van der Waals surface area contributed by atoms with E-state index in [0.717, 1.165) is 11.6 Å². The molecule has 1 aliphatic heterocycles. The average molecular weight is 394 g/mol. The van der Waals surface area contributed by atoms with Crippen LogP contribution in [-0.4, -0.2) is 33.9 Å². The summed E-state index contributed by atoms with van der Waals surface area (Å²) < 4.78 is 24.1. The fourth-order valence-electron chi connectivity index (χ4n) is 2.81. The number of allylic oxidation sites excluding steroid dienone is 1. The molecule has 0 aromatic carbocycles. The highest BCUT2D eigenvalue weighted by Gasteiger charge is 2.27. The van der Waals surface area contributed by atoms with Gasteiger partial charge in [0.15, 0.2) is 22.9 Å². The number of hydrogen-bond donors (Lipinski definition) is 2. The summed E-state index contributed by atoms with van der Waals surface area (Å²) in [4.78, 5) is 24.2. The first-order valence-electron chi connectivity index (χ1n) is 8.69. The molecule has 146 valence electrons. The quantitative estimate of drug-likeness (QED) is 0.495. The zero-order chi connectivity index (χ0) is 20.4. The number of aliphatic imine (C=N–C) groups is 1. The standard InChI is InChI=1S/C20H15FN4O4/c1-2-28-20(27)16-17(26)14(8-11-10-24-18-13(11)4-3-6-23-18)29-19(16)25-12-5-7-22-15(21)9-12/h3-10,26H,2H2,1H3,(H,22,25). The molecule has 1 aliphatic rings. The number of pyridine rings is 2. The summed E-state index contributed by atoms with van der Waals surface area (Å²) in [7, 11) is 0. The number of esters is 1. The Hall–Kier alpha value is -4.01. The molecule has 0 radical (unpaired) electrons. The van der Waals surface area contributed by atoms with Gasteiger partial charge in [-0.15, -0.1) is 0 Å². The van der Waals surface area contributed by atoms with Crippen molar-refractivity contribution in [3.63, 3.8) is 0 Å². The largest absolute Gasteiger partial charge is 0.504 e. The summed E-state index contributed by atoms with van der Waals surface area (Å²) in [6, 6.07) is 6.20. The van der Waals surface area contributed by atoms with E-state index in [1.165, 1.54) is 18.3 Å². The molecular weight excluding hydrogens is 379 g/mol. The molecule has 3 aromatic heterocycles. The van der Waals surface area contributed by atoms with Crippen LogP contribution in [0.15, 0.2) is 46.1 Å². The van der Waals surface area contributed by atoms with Gasteiger partial charge in [-0.05, 0) is 31.2 Å². The van der Waals surface area contributed by atoms with E-state index in [1.807, 2.05) is 6.07 Å². The van der Waals surface area contributed by atoms with Crippen LogP contribution in [0.2, 0.25) is 0 Å². The Balaban J connectivity index is 1.77. The average Bonchev–Trinajstić information content (AvgIpc) is 3.24. The molecule has 29 heavy (non-hydrogen) atoms. The van der Waals surface area contributed by atoms with Gasteiger partial charge in [-0.2, -0.15) is 4.39 Å². The molecule has 2 N–H and O–H groups in total. The second-order valence-electron chi connectivity index (χ2n) is 5.96. The molecule has 0 bridgehead atoms. The molecule has 0 saturated heterocycles. The zero-order valence-corrected chi connectivity index (χ0v) is 15.2. The molecule has 0 saturated carbocycles. The third-order valence-electron chi connectivity index (χ3n) is 4.08. The number of anilines is 2. The number of aromatic hydroxyl groups is 1. The molecule has 4 heterocycles. The summed E-state index contributed by atoms with van der Waals surface area (Å²) in [5, 5.41) is 13.4. The number of rotatable bonds is 5. The van der Waals surface area contributed by atoms with E-state index in [1.54, 1.807) is 25.4 Å². The molecular formula is C20H15FN4O4. The predicted octanol–water partition coefficient (Wildman–Crippen LogP) is 4.09. The highest BCUT2D eigenvalue weighted by atomic mass is 19.1. The van der Waals surface area contributed by atoms with E-state index in [9.17, 15) is 14.3 Å². The van der Waals surface area contributed by atoms with E-state index < -0.39 is 17.7 Å². The first-order chi connectivity index (χ1) is 14.1.